The molecule has 9 heteroatoms. The topological polar surface area (TPSA) is 68.5 Å². The van der Waals surface area contributed by atoms with Crippen LogP contribution in [-0.4, -0.2) is 24.6 Å². The largest absolute Gasteiger partial charge is 0.317 e. The van der Waals surface area contributed by atoms with Crippen LogP contribution in [0, 0.1) is 5.82 Å². The molecule has 28 heavy (non-hydrogen) atoms. The summed E-state index contributed by atoms with van der Waals surface area (Å²) in [5.74, 6) is -1.04. The highest BCUT2D eigenvalue weighted by Gasteiger charge is 2.15. The van der Waals surface area contributed by atoms with E-state index >= 15 is 0 Å². The predicted octanol–water partition coefficient (Wildman–Crippen LogP) is 4.31. The van der Waals surface area contributed by atoms with Crippen molar-refractivity contribution in [2.45, 2.75) is 31.2 Å². The van der Waals surface area contributed by atoms with Gasteiger partial charge in [-0.05, 0) is 55.8 Å². The lowest BCUT2D eigenvalue weighted by Gasteiger charge is -2.03. The van der Waals surface area contributed by atoms with E-state index < -0.39 is 15.7 Å². The molecule has 0 saturated carbocycles. The summed E-state index contributed by atoms with van der Waals surface area (Å²) in [6.45, 7) is 2.65. The Balaban J connectivity index is 1.72. The number of carbonyl (C=O) groups excluding carboxylic acids is 1. The van der Waals surface area contributed by atoms with E-state index in [0.717, 1.165) is 26.8 Å². The highest BCUT2D eigenvalue weighted by atomic mass is 79.9. The Labute approximate surface area is 174 Å². The molecule has 0 spiro atoms. The third-order valence-electron chi connectivity index (χ3n) is 4.16. The van der Waals surface area contributed by atoms with Crippen LogP contribution >= 0.6 is 27.3 Å². The van der Waals surface area contributed by atoms with E-state index in [2.05, 4.69) is 20.9 Å². The van der Waals surface area contributed by atoms with Gasteiger partial charge in [-0.3, -0.25) is 4.79 Å². The molecule has 0 bridgehead atoms. The smallest absolute Gasteiger partial charge is 0.248 e. The molecule has 0 aliphatic carbocycles. The Morgan fingerprint density at radius 3 is 2.61 bits per heavy atom. The number of halogens is 2. The molecule has 3 rings (SSSR count). The Kier molecular flexibility index (Phi) is 6.47. The SMILES string of the molecule is CCn1c(=NC(=O)CCCS(=O)(=O)c2ccc(F)cc2)sc2cc(Br)ccc21. The summed E-state index contributed by atoms with van der Waals surface area (Å²) >= 11 is 4.86. The average Bonchev–Trinajstić information content (AvgIpc) is 2.97. The quantitative estimate of drug-likeness (QED) is 0.489. The van der Waals surface area contributed by atoms with Crippen molar-refractivity contribution in [3.8, 4) is 0 Å². The van der Waals surface area contributed by atoms with Crippen LogP contribution in [0.25, 0.3) is 10.2 Å². The second kappa shape index (κ2) is 8.67. The number of thiazole rings is 1. The van der Waals surface area contributed by atoms with E-state index in [4.69, 9.17) is 0 Å². The lowest BCUT2D eigenvalue weighted by molar-refractivity contribution is -0.118. The first kappa shape index (κ1) is 20.9. The van der Waals surface area contributed by atoms with Gasteiger partial charge in [-0.2, -0.15) is 4.99 Å². The van der Waals surface area contributed by atoms with Gasteiger partial charge < -0.3 is 4.57 Å². The Bertz CT molecular complexity index is 1180. The number of amides is 1. The minimum absolute atomic E-state index is 0.0298. The molecule has 0 saturated heterocycles. The number of aromatic nitrogens is 1. The Hall–Kier alpha value is -1.84. The molecule has 0 atom stereocenters. The molecular formula is C19H18BrFN2O3S2. The molecular weight excluding hydrogens is 467 g/mol. The van der Waals surface area contributed by atoms with Gasteiger partial charge in [-0.15, -0.1) is 0 Å². The summed E-state index contributed by atoms with van der Waals surface area (Å²) < 4.78 is 41.4. The number of benzene rings is 2. The number of rotatable bonds is 6. The van der Waals surface area contributed by atoms with Gasteiger partial charge in [-0.1, -0.05) is 27.3 Å². The maximum atomic E-state index is 12.9. The first-order valence-corrected chi connectivity index (χ1v) is 11.9. The minimum atomic E-state index is -3.55. The van der Waals surface area contributed by atoms with Gasteiger partial charge in [-0.25, -0.2) is 12.8 Å². The van der Waals surface area contributed by atoms with Crippen molar-refractivity contribution < 1.29 is 17.6 Å². The van der Waals surface area contributed by atoms with E-state index in [1.165, 1.54) is 23.5 Å². The van der Waals surface area contributed by atoms with E-state index in [1.54, 1.807) is 0 Å². The summed E-state index contributed by atoms with van der Waals surface area (Å²) in [6.07, 6.45) is 0.187. The van der Waals surface area contributed by atoms with Crippen LogP contribution in [0.2, 0.25) is 0 Å². The lowest BCUT2D eigenvalue weighted by atomic mass is 10.3. The van der Waals surface area contributed by atoms with Gasteiger partial charge in [0.05, 0.1) is 20.9 Å². The van der Waals surface area contributed by atoms with Gasteiger partial charge >= 0.3 is 0 Å². The van der Waals surface area contributed by atoms with Crippen molar-refractivity contribution in [2.24, 2.45) is 4.99 Å². The number of sulfone groups is 1. The molecule has 0 unspecified atom stereocenters. The van der Waals surface area contributed by atoms with Crippen molar-refractivity contribution in [1.82, 2.24) is 4.57 Å². The minimum Gasteiger partial charge on any atom is -0.317 e. The first-order chi connectivity index (χ1) is 13.3. The zero-order chi connectivity index (χ0) is 20.3. The van der Waals surface area contributed by atoms with Gasteiger partial charge in [0.25, 0.3) is 0 Å². The van der Waals surface area contributed by atoms with Crippen LogP contribution in [0.1, 0.15) is 19.8 Å². The Morgan fingerprint density at radius 2 is 1.93 bits per heavy atom. The van der Waals surface area contributed by atoms with E-state index in [0.29, 0.717) is 11.3 Å². The number of aryl methyl sites for hydroxylation is 1. The summed E-state index contributed by atoms with van der Waals surface area (Å²) in [7, 11) is -3.55. The molecule has 1 heterocycles. The first-order valence-electron chi connectivity index (χ1n) is 8.65. The van der Waals surface area contributed by atoms with Crippen LogP contribution in [0.4, 0.5) is 4.39 Å². The molecule has 0 N–H and O–H groups in total. The molecule has 148 valence electrons. The van der Waals surface area contributed by atoms with Gasteiger partial charge in [0.15, 0.2) is 14.6 Å². The number of fused-ring (bicyclic) bond motifs is 1. The molecule has 0 aliphatic rings. The zero-order valence-electron chi connectivity index (χ0n) is 15.1. The summed E-state index contributed by atoms with van der Waals surface area (Å²) in [4.78, 5) is 17.1. The second-order valence-electron chi connectivity index (χ2n) is 6.12. The molecule has 3 aromatic rings. The average molecular weight is 485 g/mol. The van der Waals surface area contributed by atoms with Crippen LogP contribution in [-0.2, 0) is 21.2 Å². The van der Waals surface area contributed by atoms with E-state index in [1.807, 2.05) is 29.7 Å². The molecule has 0 fully saturated rings. The standard InChI is InChI=1S/C19H18BrFN2O3S2/c1-2-23-16-10-5-13(20)12-17(16)27-19(23)22-18(24)4-3-11-28(25,26)15-8-6-14(21)7-9-15/h5-10,12H,2-4,11H2,1H3. The van der Waals surface area contributed by atoms with Crippen molar-refractivity contribution in [3.05, 3.63) is 57.6 Å². The third kappa shape index (κ3) is 4.76. The normalized spacial score (nSPS) is 12.6. The summed E-state index contributed by atoms with van der Waals surface area (Å²) in [5, 5.41) is 0. The van der Waals surface area contributed by atoms with E-state index in [-0.39, 0.29) is 29.4 Å². The number of hydrogen-bond acceptors (Lipinski definition) is 4. The molecule has 1 aromatic heterocycles. The van der Waals surface area contributed by atoms with Gasteiger partial charge in [0.1, 0.15) is 5.82 Å². The monoisotopic (exact) mass is 484 g/mol. The second-order valence-corrected chi connectivity index (χ2v) is 10.2. The molecule has 1 amide bonds. The van der Waals surface area contributed by atoms with Crippen molar-refractivity contribution in [2.75, 3.05) is 5.75 Å². The fourth-order valence-corrected chi connectivity index (χ4v) is 5.75. The van der Waals surface area contributed by atoms with Gasteiger partial charge in [0, 0.05) is 17.4 Å². The Morgan fingerprint density at radius 1 is 1.21 bits per heavy atom. The van der Waals surface area contributed by atoms with Crippen molar-refractivity contribution >= 4 is 53.2 Å². The maximum absolute atomic E-state index is 12.9. The number of hydrogen-bond donors (Lipinski definition) is 0. The highest BCUT2D eigenvalue weighted by Crippen LogP contribution is 2.22. The predicted molar refractivity (Wildman–Crippen MR) is 111 cm³/mol. The number of nitrogens with zero attached hydrogens (tertiary/aromatic N) is 2. The molecule has 5 nitrogen and oxygen atoms in total. The lowest BCUT2D eigenvalue weighted by Crippen LogP contribution is -2.16. The zero-order valence-corrected chi connectivity index (χ0v) is 18.3. The van der Waals surface area contributed by atoms with Crippen LogP contribution in [0.15, 0.2) is 56.8 Å². The molecule has 0 aliphatic heterocycles. The van der Waals surface area contributed by atoms with Crippen LogP contribution < -0.4 is 4.80 Å². The molecule has 0 radical (unpaired) electrons. The highest BCUT2D eigenvalue weighted by molar-refractivity contribution is 9.10. The maximum Gasteiger partial charge on any atom is 0.248 e. The van der Waals surface area contributed by atoms with Crippen molar-refractivity contribution in [1.29, 1.82) is 0 Å². The summed E-state index contributed by atoms with van der Waals surface area (Å²) in [6, 6.07) is 10.6. The van der Waals surface area contributed by atoms with E-state index in [9.17, 15) is 17.6 Å². The van der Waals surface area contributed by atoms with Crippen LogP contribution in [0.3, 0.4) is 0 Å². The third-order valence-corrected chi connectivity index (χ3v) is 7.51. The fraction of sp³-hybridized carbons (Fsp3) is 0.263. The summed E-state index contributed by atoms with van der Waals surface area (Å²) in [5.41, 5.74) is 1.00. The van der Waals surface area contributed by atoms with Crippen LogP contribution in [0.5, 0.6) is 0 Å². The fourth-order valence-electron chi connectivity index (χ4n) is 2.77. The van der Waals surface area contributed by atoms with Gasteiger partial charge in [0.2, 0.25) is 5.91 Å². The van der Waals surface area contributed by atoms with Crippen molar-refractivity contribution in [3.63, 3.8) is 0 Å². The number of carbonyl (C=O) groups is 1. The molecule has 2 aromatic carbocycles.